The first-order valence-electron chi connectivity index (χ1n) is 6.75. The van der Waals surface area contributed by atoms with Gasteiger partial charge in [-0.25, -0.2) is 0 Å². The smallest absolute Gasteiger partial charge is 0.158 e. The van der Waals surface area contributed by atoms with Gasteiger partial charge in [-0.3, -0.25) is 4.79 Å². The highest BCUT2D eigenvalue weighted by Gasteiger charge is 1.98. The van der Waals surface area contributed by atoms with Crippen molar-refractivity contribution in [3.8, 4) is 0 Å². The van der Waals surface area contributed by atoms with Crippen LogP contribution >= 0.6 is 0 Å². The molecule has 0 bridgehead atoms. The Labute approximate surface area is 100 Å². The van der Waals surface area contributed by atoms with E-state index in [1.807, 2.05) is 0 Å². The Morgan fingerprint density at radius 1 is 1.00 bits per heavy atom. The number of carbonyl (C=O) groups excluding carboxylic acids is 1. The van der Waals surface area contributed by atoms with Crippen LogP contribution < -0.4 is 0 Å². The average molecular weight is 227 g/mol. The zero-order chi connectivity index (χ0) is 12.1. The molecule has 0 saturated heterocycles. The lowest BCUT2D eigenvalue weighted by molar-refractivity contribution is -0.121. The molecule has 0 aliphatic carbocycles. The SMILES string of the molecule is CC[CH]CCCCCCCCCC(=O)CO. The van der Waals surface area contributed by atoms with Gasteiger partial charge in [-0.1, -0.05) is 58.3 Å². The summed E-state index contributed by atoms with van der Waals surface area (Å²) in [5.41, 5.74) is 0. The van der Waals surface area contributed by atoms with Crippen LogP contribution in [0.4, 0.5) is 0 Å². The molecule has 1 radical (unpaired) electrons. The van der Waals surface area contributed by atoms with Crippen LogP contribution in [0.3, 0.4) is 0 Å². The second-order valence-corrected chi connectivity index (χ2v) is 4.41. The largest absolute Gasteiger partial charge is 0.389 e. The molecule has 0 aromatic rings. The lowest BCUT2D eigenvalue weighted by Crippen LogP contribution is -2.02. The highest BCUT2D eigenvalue weighted by molar-refractivity contribution is 5.79. The van der Waals surface area contributed by atoms with E-state index in [1.165, 1.54) is 44.9 Å². The summed E-state index contributed by atoms with van der Waals surface area (Å²) >= 11 is 0. The fourth-order valence-corrected chi connectivity index (χ4v) is 1.78. The van der Waals surface area contributed by atoms with Crippen LogP contribution in [-0.4, -0.2) is 17.5 Å². The summed E-state index contributed by atoms with van der Waals surface area (Å²) < 4.78 is 0. The van der Waals surface area contributed by atoms with E-state index in [4.69, 9.17) is 5.11 Å². The van der Waals surface area contributed by atoms with Gasteiger partial charge < -0.3 is 5.11 Å². The van der Waals surface area contributed by atoms with E-state index >= 15 is 0 Å². The van der Waals surface area contributed by atoms with Gasteiger partial charge in [0, 0.05) is 6.42 Å². The van der Waals surface area contributed by atoms with Crippen LogP contribution in [0.15, 0.2) is 0 Å². The third kappa shape index (κ3) is 11.7. The molecule has 2 nitrogen and oxygen atoms in total. The first-order chi connectivity index (χ1) is 7.81. The number of carbonyl (C=O) groups is 1. The van der Waals surface area contributed by atoms with E-state index in [-0.39, 0.29) is 12.4 Å². The average Bonchev–Trinajstić information content (AvgIpc) is 2.31. The molecule has 0 unspecified atom stereocenters. The highest BCUT2D eigenvalue weighted by atomic mass is 16.3. The van der Waals surface area contributed by atoms with Crippen molar-refractivity contribution >= 4 is 5.78 Å². The summed E-state index contributed by atoms with van der Waals surface area (Å²) in [7, 11) is 0. The van der Waals surface area contributed by atoms with Crippen molar-refractivity contribution < 1.29 is 9.90 Å². The third-order valence-corrected chi connectivity index (χ3v) is 2.83. The number of unbranched alkanes of at least 4 members (excludes halogenated alkanes) is 9. The highest BCUT2D eigenvalue weighted by Crippen LogP contribution is 2.10. The standard InChI is InChI=1S/C14H27O2/c1-2-3-4-5-6-7-8-9-10-11-12-14(16)13-15/h3,15H,2,4-13H2,1H3. The Balaban J connectivity index is 2.96. The van der Waals surface area contributed by atoms with Crippen molar-refractivity contribution in [3.63, 3.8) is 0 Å². The summed E-state index contributed by atoms with van der Waals surface area (Å²) in [4.78, 5) is 10.8. The molecule has 95 valence electrons. The Hall–Kier alpha value is -0.370. The molecular weight excluding hydrogens is 200 g/mol. The van der Waals surface area contributed by atoms with Crippen molar-refractivity contribution in [2.45, 2.75) is 71.1 Å². The molecule has 1 N–H and O–H groups in total. The molecule has 0 heterocycles. The lowest BCUT2D eigenvalue weighted by atomic mass is 10.1. The summed E-state index contributed by atoms with van der Waals surface area (Å²) in [5.74, 6) is -0.0184. The molecule has 0 spiro atoms. The summed E-state index contributed by atoms with van der Waals surface area (Å²) in [6.45, 7) is 1.90. The zero-order valence-electron chi connectivity index (χ0n) is 10.7. The van der Waals surface area contributed by atoms with Gasteiger partial charge in [-0.2, -0.15) is 0 Å². The summed E-state index contributed by atoms with van der Waals surface area (Å²) in [6.07, 6.45) is 14.0. The zero-order valence-corrected chi connectivity index (χ0v) is 10.7. The number of aliphatic hydroxyl groups excluding tert-OH is 1. The van der Waals surface area contributed by atoms with Crippen LogP contribution in [0.1, 0.15) is 71.1 Å². The second kappa shape index (κ2) is 12.7. The summed E-state index contributed by atoms with van der Waals surface area (Å²) in [5, 5.41) is 8.53. The molecule has 0 aromatic carbocycles. The molecule has 0 saturated carbocycles. The monoisotopic (exact) mass is 227 g/mol. The maximum absolute atomic E-state index is 10.8. The van der Waals surface area contributed by atoms with Gasteiger partial charge in [0.25, 0.3) is 0 Å². The minimum Gasteiger partial charge on any atom is -0.389 e. The van der Waals surface area contributed by atoms with Crippen LogP contribution in [0, 0.1) is 6.42 Å². The number of aliphatic hydroxyl groups is 1. The molecule has 0 aliphatic rings. The molecule has 0 aliphatic heterocycles. The van der Waals surface area contributed by atoms with Gasteiger partial charge in [0.2, 0.25) is 0 Å². The van der Waals surface area contributed by atoms with Crippen molar-refractivity contribution in [2.75, 3.05) is 6.61 Å². The normalized spacial score (nSPS) is 10.6. The predicted octanol–water partition coefficient (Wildman–Crippen LogP) is 3.67. The maximum Gasteiger partial charge on any atom is 0.158 e. The van der Waals surface area contributed by atoms with Crippen LogP contribution in [0.5, 0.6) is 0 Å². The first kappa shape index (κ1) is 15.6. The van der Waals surface area contributed by atoms with Crippen molar-refractivity contribution in [3.05, 3.63) is 6.42 Å². The van der Waals surface area contributed by atoms with Crippen LogP contribution in [-0.2, 0) is 4.79 Å². The Morgan fingerprint density at radius 2 is 1.56 bits per heavy atom. The predicted molar refractivity (Wildman–Crippen MR) is 68.2 cm³/mol. The number of hydrogen-bond donors (Lipinski definition) is 1. The molecule has 16 heavy (non-hydrogen) atoms. The molecule has 0 fully saturated rings. The van der Waals surface area contributed by atoms with Crippen molar-refractivity contribution in [1.29, 1.82) is 0 Å². The second-order valence-electron chi connectivity index (χ2n) is 4.41. The fourth-order valence-electron chi connectivity index (χ4n) is 1.78. The van der Waals surface area contributed by atoms with E-state index in [0.717, 1.165) is 12.8 Å². The first-order valence-corrected chi connectivity index (χ1v) is 6.75. The topological polar surface area (TPSA) is 37.3 Å². The van der Waals surface area contributed by atoms with Gasteiger partial charge in [-0.05, 0) is 12.8 Å². The minimum absolute atomic E-state index is 0.0184. The van der Waals surface area contributed by atoms with Gasteiger partial charge in [-0.15, -0.1) is 0 Å². The molecule has 0 aromatic heterocycles. The van der Waals surface area contributed by atoms with Crippen molar-refractivity contribution in [2.24, 2.45) is 0 Å². The van der Waals surface area contributed by atoms with E-state index in [2.05, 4.69) is 13.3 Å². The summed E-state index contributed by atoms with van der Waals surface area (Å²) in [6, 6.07) is 0. The number of rotatable bonds is 12. The quantitative estimate of drug-likeness (QED) is 0.516. The van der Waals surface area contributed by atoms with Gasteiger partial charge in [0.15, 0.2) is 5.78 Å². The Kier molecular flexibility index (Phi) is 12.4. The molecule has 2 heteroatoms. The molecule has 0 rings (SSSR count). The van der Waals surface area contributed by atoms with Gasteiger partial charge in [0.1, 0.15) is 6.61 Å². The van der Waals surface area contributed by atoms with Crippen LogP contribution in [0.2, 0.25) is 0 Å². The fraction of sp³-hybridized carbons (Fsp3) is 0.857. The van der Waals surface area contributed by atoms with Crippen molar-refractivity contribution in [1.82, 2.24) is 0 Å². The van der Waals surface area contributed by atoms with E-state index in [9.17, 15) is 4.79 Å². The van der Waals surface area contributed by atoms with Gasteiger partial charge >= 0.3 is 0 Å². The lowest BCUT2D eigenvalue weighted by Gasteiger charge is -2.01. The van der Waals surface area contributed by atoms with E-state index < -0.39 is 0 Å². The van der Waals surface area contributed by atoms with Gasteiger partial charge in [0.05, 0.1) is 0 Å². The minimum atomic E-state index is -0.284. The molecule has 0 amide bonds. The van der Waals surface area contributed by atoms with E-state index in [0.29, 0.717) is 6.42 Å². The molecular formula is C14H27O2. The number of hydrogen-bond acceptors (Lipinski definition) is 2. The number of Topliss-reactive ketones (excluding diaryl/α,β-unsaturated/α-hetero) is 1. The maximum atomic E-state index is 10.8. The number of ketones is 1. The Bertz CT molecular complexity index is 155. The third-order valence-electron chi connectivity index (χ3n) is 2.83. The Morgan fingerprint density at radius 3 is 2.12 bits per heavy atom. The molecule has 0 atom stereocenters. The van der Waals surface area contributed by atoms with E-state index in [1.54, 1.807) is 0 Å². The van der Waals surface area contributed by atoms with Crippen LogP contribution in [0.25, 0.3) is 0 Å².